The quantitative estimate of drug-likeness (QED) is 0.643. The number of aryl methyl sites for hydroxylation is 2. The Labute approximate surface area is 102 Å². The maximum Gasteiger partial charge on any atom is 0.335 e. The Bertz CT molecular complexity index is 453. The second-order valence-corrected chi connectivity index (χ2v) is 4.08. The van der Waals surface area contributed by atoms with Crippen LogP contribution in [0.15, 0.2) is 17.1 Å². The van der Waals surface area contributed by atoms with E-state index in [1.807, 2.05) is 25.8 Å². The van der Waals surface area contributed by atoms with Crippen LogP contribution in [-0.2, 0) is 0 Å². The van der Waals surface area contributed by atoms with Gasteiger partial charge >= 0.3 is 5.97 Å². The van der Waals surface area contributed by atoms with Gasteiger partial charge in [-0.25, -0.2) is 9.79 Å². The molecule has 92 valence electrons. The van der Waals surface area contributed by atoms with Gasteiger partial charge in [0, 0.05) is 13.6 Å². The van der Waals surface area contributed by atoms with Crippen molar-refractivity contribution in [1.29, 1.82) is 0 Å². The van der Waals surface area contributed by atoms with Crippen molar-refractivity contribution in [3.8, 4) is 0 Å². The van der Waals surface area contributed by atoms with E-state index in [1.165, 1.54) is 0 Å². The third-order valence-electron chi connectivity index (χ3n) is 2.67. The number of carboxylic acid groups (broad SMARTS) is 1. The molecule has 0 amide bonds. The fraction of sp³-hybridized carbons (Fsp3) is 0.385. The lowest BCUT2D eigenvalue weighted by atomic mass is 10.0. The van der Waals surface area contributed by atoms with E-state index in [-0.39, 0.29) is 0 Å². The van der Waals surface area contributed by atoms with Crippen LogP contribution in [0.4, 0.5) is 5.69 Å². The molecule has 0 unspecified atom stereocenters. The number of aliphatic imine (C=N–C) groups is 1. The zero-order chi connectivity index (χ0) is 13.0. The molecule has 0 aliphatic carbocycles. The van der Waals surface area contributed by atoms with E-state index in [1.54, 1.807) is 25.4 Å². The fourth-order valence-electron chi connectivity index (χ4n) is 1.41. The van der Waals surface area contributed by atoms with Gasteiger partial charge < -0.3 is 10.0 Å². The monoisotopic (exact) mass is 234 g/mol. The second kappa shape index (κ2) is 5.48. The molecule has 0 spiro atoms. The van der Waals surface area contributed by atoms with Crippen LogP contribution in [0.3, 0.4) is 0 Å². The van der Waals surface area contributed by atoms with Crippen molar-refractivity contribution < 1.29 is 9.90 Å². The molecule has 0 fully saturated rings. The number of hydrogen-bond donors (Lipinski definition) is 1. The van der Waals surface area contributed by atoms with E-state index in [4.69, 9.17) is 5.11 Å². The fourth-order valence-corrected chi connectivity index (χ4v) is 1.41. The Morgan fingerprint density at radius 1 is 1.41 bits per heavy atom. The summed E-state index contributed by atoms with van der Waals surface area (Å²) < 4.78 is 0. The summed E-state index contributed by atoms with van der Waals surface area (Å²) in [7, 11) is 1.94. The molecule has 0 saturated carbocycles. The van der Waals surface area contributed by atoms with E-state index >= 15 is 0 Å². The molecule has 1 rings (SSSR count). The van der Waals surface area contributed by atoms with Gasteiger partial charge in [0.1, 0.15) is 0 Å². The number of hydrogen-bond acceptors (Lipinski definition) is 2. The maximum absolute atomic E-state index is 11.0. The van der Waals surface area contributed by atoms with E-state index in [2.05, 4.69) is 4.99 Å². The summed E-state index contributed by atoms with van der Waals surface area (Å²) >= 11 is 0. The molecule has 1 aromatic carbocycles. The van der Waals surface area contributed by atoms with Crippen molar-refractivity contribution in [2.24, 2.45) is 4.99 Å². The average molecular weight is 234 g/mol. The van der Waals surface area contributed by atoms with Crippen LogP contribution in [0, 0.1) is 13.8 Å². The van der Waals surface area contributed by atoms with E-state index in [9.17, 15) is 4.79 Å². The molecular formula is C13H18N2O2. The highest BCUT2D eigenvalue weighted by Crippen LogP contribution is 2.23. The van der Waals surface area contributed by atoms with Gasteiger partial charge in [0.05, 0.1) is 17.6 Å². The highest BCUT2D eigenvalue weighted by Gasteiger charge is 2.09. The molecule has 0 aliphatic rings. The van der Waals surface area contributed by atoms with Crippen molar-refractivity contribution in [2.75, 3.05) is 13.6 Å². The number of benzene rings is 1. The van der Waals surface area contributed by atoms with Gasteiger partial charge in [0.2, 0.25) is 0 Å². The molecule has 0 heterocycles. The molecule has 0 bridgehead atoms. The summed E-state index contributed by atoms with van der Waals surface area (Å²) in [5, 5.41) is 8.99. The van der Waals surface area contributed by atoms with E-state index < -0.39 is 5.97 Å². The summed E-state index contributed by atoms with van der Waals surface area (Å²) in [6, 6.07) is 3.47. The Kier molecular flexibility index (Phi) is 4.26. The third kappa shape index (κ3) is 3.31. The van der Waals surface area contributed by atoms with Gasteiger partial charge in [-0.2, -0.15) is 0 Å². The first kappa shape index (κ1) is 13.2. The minimum Gasteiger partial charge on any atom is -0.478 e. The molecule has 0 saturated heterocycles. The summed E-state index contributed by atoms with van der Waals surface area (Å²) in [5.41, 5.74) is 2.75. The Morgan fingerprint density at radius 3 is 2.59 bits per heavy atom. The van der Waals surface area contributed by atoms with Gasteiger partial charge in [-0.1, -0.05) is 0 Å². The highest BCUT2D eigenvalue weighted by atomic mass is 16.4. The summed E-state index contributed by atoms with van der Waals surface area (Å²) in [5.74, 6) is -0.896. The minimum atomic E-state index is -0.896. The van der Waals surface area contributed by atoms with Gasteiger partial charge in [-0.05, 0) is 44.0 Å². The van der Waals surface area contributed by atoms with Crippen LogP contribution < -0.4 is 0 Å². The van der Waals surface area contributed by atoms with Crippen LogP contribution in [0.1, 0.15) is 28.4 Å². The van der Waals surface area contributed by atoms with Crippen molar-refractivity contribution in [1.82, 2.24) is 4.90 Å². The van der Waals surface area contributed by atoms with Crippen molar-refractivity contribution >= 4 is 18.0 Å². The van der Waals surface area contributed by atoms with E-state index in [0.717, 1.165) is 23.4 Å². The zero-order valence-corrected chi connectivity index (χ0v) is 10.7. The predicted molar refractivity (Wildman–Crippen MR) is 69.3 cm³/mol. The summed E-state index contributed by atoms with van der Waals surface area (Å²) in [6.07, 6.45) is 1.75. The van der Waals surface area contributed by atoms with Gasteiger partial charge in [-0.3, -0.25) is 0 Å². The van der Waals surface area contributed by atoms with Gasteiger partial charge in [0.25, 0.3) is 0 Å². The SMILES string of the molecule is CCN(C)C=Nc1cc(C)c(C(=O)O)cc1C. The van der Waals surface area contributed by atoms with Crippen LogP contribution in [0.5, 0.6) is 0 Å². The predicted octanol–water partition coefficient (Wildman–Crippen LogP) is 2.61. The summed E-state index contributed by atoms with van der Waals surface area (Å²) in [6.45, 7) is 6.57. The minimum absolute atomic E-state index is 0.338. The smallest absolute Gasteiger partial charge is 0.335 e. The summed E-state index contributed by atoms with van der Waals surface area (Å²) in [4.78, 5) is 17.3. The molecule has 0 radical (unpaired) electrons. The second-order valence-electron chi connectivity index (χ2n) is 4.08. The molecule has 0 atom stereocenters. The molecule has 1 aromatic rings. The maximum atomic E-state index is 11.0. The number of carboxylic acids is 1. The van der Waals surface area contributed by atoms with Gasteiger partial charge in [-0.15, -0.1) is 0 Å². The number of aromatic carboxylic acids is 1. The topological polar surface area (TPSA) is 52.9 Å². The first-order chi connectivity index (χ1) is 7.95. The Balaban J connectivity index is 3.08. The molecule has 0 aromatic heterocycles. The molecule has 1 N–H and O–H groups in total. The molecule has 4 nitrogen and oxygen atoms in total. The lowest BCUT2D eigenvalue weighted by molar-refractivity contribution is 0.0696. The normalized spacial score (nSPS) is 10.8. The number of rotatable bonds is 4. The number of nitrogens with zero attached hydrogens (tertiary/aromatic N) is 2. The number of carbonyl (C=O) groups is 1. The first-order valence-corrected chi connectivity index (χ1v) is 5.54. The highest BCUT2D eigenvalue weighted by molar-refractivity contribution is 5.90. The molecule has 4 heteroatoms. The van der Waals surface area contributed by atoms with Crippen molar-refractivity contribution in [3.05, 3.63) is 28.8 Å². The average Bonchev–Trinajstić information content (AvgIpc) is 2.28. The third-order valence-corrected chi connectivity index (χ3v) is 2.67. The Morgan fingerprint density at radius 2 is 2.06 bits per heavy atom. The van der Waals surface area contributed by atoms with Crippen LogP contribution in [-0.4, -0.2) is 35.9 Å². The van der Waals surface area contributed by atoms with Crippen LogP contribution >= 0.6 is 0 Å². The van der Waals surface area contributed by atoms with Gasteiger partial charge in [0.15, 0.2) is 0 Å². The first-order valence-electron chi connectivity index (χ1n) is 5.54. The lowest BCUT2D eigenvalue weighted by Gasteiger charge is -2.10. The molecule has 17 heavy (non-hydrogen) atoms. The molecule has 0 aliphatic heterocycles. The van der Waals surface area contributed by atoms with Crippen LogP contribution in [0.25, 0.3) is 0 Å². The molecular weight excluding hydrogens is 216 g/mol. The van der Waals surface area contributed by atoms with E-state index in [0.29, 0.717) is 5.56 Å². The lowest BCUT2D eigenvalue weighted by Crippen LogP contribution is -2.14. The largest absolute Gasteiger partial charge is 0.478 e. The van der Waals surface area contributed by atoms with Crippen LogP contribution in [0.2, 0.25) is 0 Å². The van der Waals surface area contributed by atoms with Crippen molar-refractivity contribution in [2.45, 2.75) is 20.8 Å². The van der Waals surface area contributed by atoms with Crippen molar-refractivity contribution in [3.63, 3.8) is 0 Å². The zero-order valence-electron chi connectivity index (χ0n) is 10.7. The standard InChI is InChI=1S/C13H18N2O2/c1-5-15(4)8-14-12-7-9(2)11(13(16)17)6-10(12)3/h6-8H,5H2,1-4H3,(H,16,17). The Hall–Kier alpha value is -1.84.